The second kappa shape index (κ2) is 11.1. The lowest BCUT2D eigenvalue weighted by molar-refractivity contribution is -0.115. The molecule has 1 aliphatic heterocycles. The number of para-hydroxylation sites is 1. The average Bonchev–Trinajstić information content (AvgIpc) is 3.33. The topological polar surface area (TPSA) is 88.3 Å². The Bertz CT molecular complexity index is 2200. The summed E-state index contributed by atoms with van der Waals surface area (Å²) in [6.45, 7) is 1.99. The summed E-state index contributed by atoms with van der Waals surface area (Å²) >= 11 is 14.3. The summed E-state index contributed by atoms with van der Waals surface area (Å²) in [7, 11) is 0. The van der Waals surface area contributed by atoms with E-state index in [-0.39, 0.29) is 16.7 Å². The van der Waals surface area contributed by atoms with Crippen molar-refractivity contribution < 1.29 is 9.90 Å². The molecule has 7 nitrogen and oxygen atoms in total. The van der Waals surface area contributed by atoms with E-state index in [1.807, 2.05) is 37.3 Å². The predicted octanol–water partition coefficient (Wildman–Crippen LogP) is 7.88. The molecule has 1 aliphatic rings. The molecule has 4 aromatic carbocycles. The number of aromatic hydroxyl groups is 1. The van der Waals surface area contributed by atoms with Gasteiger partial charge in [-0.05, 0) is 85.3 Å². The maximum Gasteiger partial charge on any atom is 0.280 e. The van der Waals surface area contributed by atoms with E-state index in [2.05, 4.69) is 4.98 Å². The third kappa shape index (κ3) is 5.01. The van der Waals surface area contributed by atoms with Crippen molar-refractivity contribution in [2.45, 2.75) is 12.3 Å². The number of carbonyl (C=O) groups is 1. The number of thioether (sulfide) groups is 1. The summed E-state index contributed by atoms with van der Waals surface area (Å²) in [5.41, 5.74) is 3.73. The molecule has 10 heteroatoms. The lowest BCUT2D eigenvalue weighted by Gasteiger charge is -2.28. The third-order valence-corrected chi connectivity index (χ3v) is 9.14. The monoisotopic (exact) mass is 636 g/mol. The van der Waals surface area contributed by atoms with Crippen molar-refractivity contribution in [3.8, 4) is 17.1 Å². The van der Waals surface area contributed by atoms with Crippen molar-refractivity contribution in [3.05, 3.63) is 139 Å². The Morgan fingerprint density at radius 1 is 0.864 bits per heavy atom. The summed E-state index contributed by atoms with van der Waals surface area (Å²) in [6, 6.07) is 28.3. The molecule has 0 bridgehead atoms. The molecule has 0 radical (unpaired) electrons. The van der Waals surface area contributed by atoms with E-state index < -0.39 is 16.8 Å². The van der Waals surface area contributed by atoms with E-state index in [1.165, 1.54) is 21.4 Å². The second-order valence-electron chi connectivity index (χ2n) is 10.4. The van der Waals surface area contributed by atoms with Crippen LogP contribution in [0.4, 0.5) is 0 Å². The molecule has 1 saturated heterocycles. The van der Waals surface area contributed by atoms with E-state index in [1.54, 1.807) is 72.8 Å². The summed E-state index contributed by atoms with van der Waals surface area (Å²) in [5.74, 6) is -0.0263. The first-order valence-corrected chi connectivity index (χ1v) is 15.3. The highest BCUT2D eigenvalue weighted by Gasteiger charge is 2.42. The van der Waals surface area contributed by atoms with Crippen LogP contribution in [0.15, 0.2) is 107 Å². The van der Waals surface area contributed by atoms with E-state index in [0.29, 0.717) is 37.5 Å². The normalized spacial score (nSPS) is 16.0. The van der Waals surface area contributed by atoms with Crippen LogP contribution in [0.5, 0.6) is 5.75 Å². The Morgan fingerprint density at radius 3 is 2.39 bits per heavy atom. The van der Waals surface area contributed by atoms with Crippen LogP contribution in [0.25, 0.3) is 39.3 Å². The molecule has 1 atom stereocenters. The number of hydrogen-bond donors (Lipinski definition) is 1. The summed E-state index contributed by atoms with van der Waals surface area (Å²) in [6.07, 6.45) is 1.73. The molecule has 3 heterocycles. The fourth-order valence-corrected chi connectivity index (χ4v) is 6.90. The molecule has 1 N–H and O–H groups in total. The zero-order valence-electron chi connectivity index (χ0n) is 23.1. The molecule has 6 aromatic rings. The van der Waals surface area contributed by atoms with Gasteiger partial charge in [-0.3, -0.25) is 9.59 Å². The quantitative estimate of drug-likeness (QED) is 0.156. The molecule has 1 unspecified atom stereocenters. The van der Waals surface area contributed by atoms with Crippen LogP contribution >= 0.6 is 35.0 Å². The third-order valence-electron chi connectivity index (χ3n) is 7.36. The van der Waals surface area contributed by atoms with Crippen molar-refractivity contribution in [3.63, 3.8) is 0 Å². The zero-order valence-corrected chi connectivity index (χ0v) is 25.4. The summed E-state index contributed by atoms with van der Waals surface area (Å²) in [4.78, 5) is 38.7. The Balaban J connectivity index is 1.50. The zero-order chi connectivity index (χ0) is 30.5. The fourth-order valence-electron chi connectivity index (χ4n) is 5.22. The Labute approximate surface area is 266 Å². The van der Waals surface area contributed by atoms with Crippen LogP contribution in [0.3, 0.4) is 0 Å². The molecule has 1 amide bonds. The average molecular weight is 638 g/mol. The van der Waals surface area contributed by atoms with Crippen molar-refractivity contribution in [1.29, 1.82) is 0 Å². The van der Waals surface area contributed by atoms with Gasteiger partial charge in [-0.1, -0.05) is 70.9 Å². The van der Waals surface area contributed by atoms with Gasteiger partial charge >= 0.3 is 0 Å². The molecular weight excluding hydrogens is 615 g/mol. The van der Waals surface area contributed by atoms with Gasteiger partial charge in [-0.25, -0.2) is 15.0 Å². The molecule has 1 fully saturated rings. The highest BCUT2D eigenvalue weighted by atomic mass is 35.5. The van der Waals surface area contributed by atoms with E-state index >= 15 is 0 Å². The van der Waals surface area contributed by atoms with Crippen LogP contribution in [0.1, 0.15) is 22.1 Å². The van der Waals surface area contributed by atoms with Crippen molar-refractivity contribution in [2.24, 2.45) is 0 Å². The maximum atomic E-state index is 14.4. The number of fused-ring (bicyclic) bond motifs is 2. The number of aryl methyl sites for hydroxylation is 1. The number of aromatic nitrogens is 3. The van der Waals surface area contributed by atoms with Crippen molar-refractivity contribution in [2.75, 3.05) is 5.01 Å². The number of amides is 1. The minimum atomic E-state index is -0.762. The number of hydrogen-bond acceptors (Lipinski definition) is 6. The lowest BCUT2D eigenvalue weighted by atomic mass is 10.1. The number of pyridine rings is 1. The maximum absolute atomic E-state index is 14.4. The molecule has 0 saturated carbocycles. The highest BCUT2D eigenvalue weighted by molar-refractivity contribution is 8.05. The van der Waals surface area contributed by atoms with E-state index in [0.717, 1.165) is 16.5 Å². The molecule has 44 heavy (non-hydrogen) atoms. The van der Waals surface area contributed by atoms with Crippen LogP contribution in [0.2, 0.25) is 10.2 Å². The van der Waals surface area contributed by atoms with Gasteiger partial charge in [-0.15, -0.1) is 0 Å². The van der Waals surface area contributed by atoms with Gasteiger partial charge in [0.05, 0.1) is 21.3 Å². The fraction of sp³-hybridized carbons (Fsp3) is 0.0588. The van der Waals surface area contributed by atoms with Gasteiger partial charge in [0.15, 0.2) is 5.82 Å². The van der Waals surface area contributed by atoms with Crippen LogP contribution in [-0.2, 0) is 4.79 Å². The van der Waals surface area contributed by atoms with Crippen LogP contribution < -0.4 is 10.6 Å². The smallest absolute Gasteiger partial charge is 0.280 e. The van der Waals surface area contributed by atoms with E-state index in [9.17, 15) is 14.7 Å². The lowest BCUT2D eigenvalue weighted by Crippen LogP contribution is -2.46. The largest absolute Gasteiger partial charge is 0.508 e. The number of nitrogens with zero attached hydrogens (tertiary/aromatic N) is 4. The molecule has 7 rings (SSSR count). The SMILES string of the molecule is Cc1ccc2nc(Cl)c(C3SC(=Cc4ccc(O)cc4)C(=O)N3n3c(-c4ccc(Cl)cc4)nc4ccccc4c3=O)cc2c1. The summed E-state index contributed by atoms with van der Waals surface area (Å²) < 4.78 is 1.33. The molecule has 0 spiro atoms. The number of halogens is 2. The van der Waals surface area contributed by atoms with E-state index in [4.69, 9.17) is 28.2 Å². The van der Waals surface area contributed by atoms with Crippen molar-refractivity contribution in [1.82, 2.24) is 14.6 Å². The number of phenolic OH excluding ortho intramolecular Hbond substituents is 1. The Hall–Kier alpha value is -4.63. The highest BCUT2D eigenvalue weighted by Crippen LogP contribution is 2.47. The van der Waals surface area contributed by atoms with Crippen LogP contribution in [-0.4, -0.2) is 25.7 Å². The minimum Gasteiger partial charge on any atom is -0.508 e. The Morgan fingerprint density at radius 2 is 1.61 bits per heavy atom. The van der Waals surface area contributed by atoms with Gasteiger partial charge < -0.3 is 5.11 Å². The number of carbonyl (C=O) groups excluding carboxylic acids is 1. The first-order valence-electron chi connectivity index (χ1n) is 13.6. The van der Waals surface area contributed by atoms with Gasteiger partial charge in [-0.2, -0.15) is 4.68 Å². The summed E-state index contributed by atoms with van der Waals surface area (Å²) in [5, 5.41) is 12.4. The van der Waals surface area contributed by atoms with Gasteiger partial charge in [0.2, 0.25) is 0 Å². The second-order valence-corrected chi connectivity index (χ2v) is 12.3. The van der Waals surface area contributed by atoms with Gasteiger partial charge in [0, 0.05) is 21.5 Å². The Kier molecular flexibility index (Phi) is 7.13. The van der Waals surface area contributed by atoms with Gasteiger partial charge in [0.1, 0.15) is 16.3 Å². The van der Waals surface area contributed by atoms with Crippen LogP contribution in [0, 0.1) is 6.92 Å². The number of benzene rings is 4. The number of phenols is 1. The molecular formula is C34H22Cl2N4O3S. The predicted molar refractivity (Wildman–Crippen MR) is 178 cm³/mol. The first kappa shape index (κ1) is 28.2. The molecule has 0 aliphatic carbocycles. The standard InChI is InChI=1S/C34H22Cl2N4O3S/c1-19-6-15-27-22(16-19)18-26(30(36)37-27)34-40(33(43)29(44-34)17-20-7-13-24(41)14-8-20)39-31(21-9-11-23(35)12-10-21)38-28-5-3-2-4-25(28)32(39)42/h2-18,34,41H,1H3. The van der Waals surface area contributed by atoms with Crippen molar-refractivity contribution >= 4 is 68.8 Å². The first-order chi connectivity index (χ1) is 21.3. The minimum absolute atomic E-state index is 0.114. The number of rotatable bonds is 4. The molecule has 216 valence electrons. The van der Waals surface area contributed by atoms with Gasteiger partial charge in [0.25, 0.3) is 11.5 Å². The molecule has 2 aromatic heterocycles.